The van der Waals surface area contributed by atoms with Crippen LogP contribution < -0.4 is 0 Å². The van der Waals surface area contributed by atoms with Crippen LogP contribution in [0.5, 0.6) is 0 Å². The predicted molar refractivity (Wildman–Crippen MR) is 206 cm³/mol. The molecule has 0 spiro atoms. The number of ketones is 1. The van der Waals surface area contributed by atoms with Crippen LogP contribution in [0.25, 0.3) is 0 Å². The van der Waals surface area contributed by atoms with Gasteiger partial charge >= 0.3 is 19.8 Å². The zero-order valence-corrected chi connectivity index (χ0v) is 32.4. The van der Waals surface area contributed by atoms with Crippen molar-refractivity contribution in [3.63, 3.8) is 0 Å². The molecule has 4 atom stereocenters. The van der Waals surface area contributed by atoms with Crippen LogP contribution in [-0.2, 0) is 32.9 Å². The number of carbonyl (C=O) groups excluding carboxylic acids is 3. The molecule has 3 N–H and O–H groups in total. The molecule has 0 fully saturated rings. The lowest BCUT2D eigenvalue weighted by Crippen LogP contribution is -2.29. The van der Waals surface area contributed by atoms with Crippen LogP contribution in [0.15, 0.2) is 72.9 Å². The van der Waals surface area contributed by atoms with E-state index in [1.54, 1.807) is 12.2 Å². The van der Waals surface area contributed by atoms with Crippen LogP contribution in [0.4, 0.5) is 0 Å². The van der Waals surface area contributed by atoms with E-state index in [-0.39, 0.29) is 37.1 Å². The molecule has 11 heteroatoms. The molecule has 1 aliphatic rings. The Kier molecular flexibility index (Phi) is 27.7. The molecule has 1 rings (SSSR count). The maximum atomic E-state index is 12.5. The van der Waals surface area contributed by atoms with Gasteiger partial charge < -0.3 is 24.4 Å². The van der Waals surface area contributed by atoms with E-state index < -0.39 is 38.6 Å². The average Bonchev–Trinajstić information content (AvgIpc) is 3.46. The van der Waals surface area contributed by atoms with Gasteiger partial charge in [0.15, 0.2) is 11.9 Å². The lowest BCUT2D eigenvalue weighted by Gasteiger charge is -2.18. The van der Waals surface area contributed by atoms with Crippen molar-refractivity contribution in [1.82, 2.24) is 0 Å². The van der Waals surface area contributed by atoms with E-state index in [1.165, 1.54) is 19.3 Å². The zero-order chi connectivity index (χ0) is 38.3. The Hall–Kier alpha value is -2.88. The Labute approximate surface area is 312 Å². The van der Waals surface area contributed by atoms with Crippen molar-refractivity contribution in [2.75, 3.05) is 13.2 Å². The molecule has 0 radical (unpaired) electrons. The molecule has 0 saturated carbocycles. The number of phosphoric acid groups is 1. The van der Waals surface area contributed by atoms with Gasteiger partial charge in [-0.15, -0.1) is 0 Å². The first-order valence-corrected chi connectivity index (χ1v) is 20.8. The van der Waals surface area contributed by atoms with Crippen LogP contribution in [0.2, 0.25) is 0 Å². The van der Waals surface area contributed by atoms with Crippen LogP contribution >= 0.6 is 7.82 Å². The topological polar surface area (TPSA) is 157 Å². The third-order valence-corrected chi connectivity index (χ3v) is 8.93. The number of carbonyl (C=O) groups is 3. The van der Waals surface area contributed by atoms with Crippen molar-refractivity contribution in [3.05, 3.63) is 72.9 Å². The fourth-order valence-corrected chi connectivity index (χ4v) is 5.79. The summed E-state index contributed by atoms with van der Waals surface area (Å²) in [4.78, 5) is 55.2. The average molecular weight is 749 g/mol. The summed E-state index contributed by atoms with van der Waals surface area (Å²) in [6.07, 6.45) is 36.8. The lowest BCUT2D eigenvalue weighted by molar-refractivity contribution is -0.161. The molecule has 0 aromatic carbocycles. The molecular formula is C41H65O10P. The Morgan fingerprint density at radius 3 is 2.06 bits per heavy atom. The Bertz CT molecular complexity index is 1210. The van der Waals surface area contributed by atoms with Crippen LogP contribution in [0.1, 0.15) is 129 Å². The van der Waals surface area contributed by atoms with E-state index in [1.807, 2.05) is 24.3 Å². The maximum absolute atomic E-state index is 12.5. The highest BCUT2D eigenvalue weighted by Crippen LogP contribution is 2.36. The number of aliphatic hydroxyl groups is 1. The van der Waals surface area contributed by atoms with Gasteiger partial charge in [0.25, 0.3) is 0 Å². The van der Waals surface area contributed by atoms with Crippen molar-refractivity contribution >= 4 is 25.5 Å². The van der Waals surface area contributed by atoms with Gasteiger partial charge in [0.2, 0.25) is 0 Å². The van der Waals surface area contributed by atoms with Crippen LogP contribution in [0.3, 0.4) is 0 Å². The van der Waals surface area contributed by atoms with Crippen LogP contribution in [-0.4, -0.2) is 58.0 Å². The van der Waals surface area contributed by atoms with E-state index in [0.717, 1.165) is 51.4 Å². The highest BCUT2D eigenvalue weighted by Gasteiger charge is 2.27. The van der Waals surface area contributed by atoms with E-state index >= 15 is 0 Å². The van der Waals surface area contributed by atoms with E-state index in [0.29, 0.717) is 32.1 Å². The number of unbranched alkanes of at least 4 members (excludes halogenated alkanes) is 8. The highest BCUT2D eigenvalue weighted by atomic mass is 31.2. The minimum Gasteiger partial charge on any atom is -0.462 e. The number of aliphatic hydroxyl groups excluding tert-OH is 1. The zero-order valence-electron chi connectivity index (χ0n) is 31.5. The fourth-order valence-electron chi connectivity index (χ4n) is 5.43. The lowest BCUT2D eigenvalue weighted by atomic mass is 9.90. The Balaban J connectivity index is 2.33. The second-order valence-corrected chi connectivity index (χ2v) is 14.4. The largest absolute Gasteiger partial charge is 0.469 e. The van der Waals surface area contributed by atoms with Crippen molar-refractivity contribution in [3.8, 4) is 0 Å². The minimum atomic E-state index is -4.82. The standard InChI is InChI=1S/C41H65O10P/c1-3-5-7-8-9-10-11-12-13-14-15-16-17-18-23-27-40(44)49-33-37(34-50-52(46,47)48)51-41(45)28-24-20-19-22-25-35-29-32-39(43)38(35)31-30-36(42)26-21-6-4-2/h9-10,12-13,15-16,19,22,29-32,35-38,42H,3-8,11,14,17-18,20-21,23-28,33-34H2,1-2H3,(H2,46,47,48)/b10-9-,13-12-,16-15-,22-19-,31-30+/t35-,36-,37+,38+/m0/s1. The van der Waals surface area contributed by atoms with E-state index in [4.69, 9.17) is 19.3 Å². The molecule has 0 amide bonds. The van der Waals surface area contributed by atoms with Gasteiger partial charge in [-0.05, 0) is 82.6 Å². The summed E-state index contributed by atoms with van der Waals surface area (Å²) >= 11 is 0. The van der Waals surface area contributed by atoms with Crippen LogP contribution in [0, 0.1) is 11.8 Å². The summed E-state index contributed by atoms with van der Waals surface area (Å²) in [6, 6.07) is 0. The molecule has 0 unspecified atom stereocenters. The second kappa shape index (κ2) is 30.6. The first kappa shape index (κ1) is 47.1. The number of rotatable bonds is 31. The molecule has 294 valence electrons. The van der Waals surface area contributed by atoms with Gasteiger partial charge in [-0.3, -0.25) is 18.9 Å². The Morgan fingerprint density at radius 2 is 1.38 bits per heavy atom. The smallest absolute Gasteiger partial charge is 0.462 e. The summed E-state index contributed by atoms with van der Waals surface area (Å²) in [6.45, 7) is 3.33. The van der Waals surface area contributed by atoms with Crippen molar-refractivity contribution in [1.29, 1.82) is 0 Å². The van der Waals surface area contributed by atoms with Gasteiger partial charge in [0, 0.05) is 18.8 Å². The molecule has 0 bridgehead atoms. The summed E-state index contributed by atoms with van der Waals surface area (Å²) in [7, 11) is -4.82. The molecule has 1 aliphatic carbocycles. The molecule has 0 aromatic heterocycles. The molecule has 0 aromatic rings. The third kappa shape index (κ3) is 26.8. The number of esters is 2. The van der Waals surface area contributed by atoms with Crippen molar-refractivity contribution in [2.45, 2.75) is 142 Å². The quantitative estimate of drug-likeness (QED) is 0.0270. The number of hydrogen-bond donors (Lipinski definition) is 3. The molecule has 0 aliphatic heterocycles. The third-order valence-electron chi connectivity index (χ3n) is 8.45. The number of phosphoric ester groups is 1. The summed E-state index contributed by atoms with van der Waals surface area (Å²) in [5.41, 5.74) is 0. The molecule has 0 saturated heterocycles. The maximum Gasteiger partial charge on any atom is 0.469 e. The van der Waals surface area contributed by atoms with Gasteiger partial charge in [-0.1, -0.05) is 113 Å². The normalized spacial score (nSPS) is 17.8. The first-order chi connectivity index (χ1) is 25.1. The number of allylic oxidation sites excluding steroid dienone is 11. The highest BCUT2D eigenvalue weighted by molar-refractivity contribution is 7.46. The van der Waals surface area contributed by atoms with Gasteiger partial charge in [-0.25, -0.2) is 4.57 Å². The summed E-state index contributed by atoms with van der Waals surface area (Å²) in [5, 5.41) is 10.2. The van der Waals surface area contributed by atoms with Crippen molar-refractivity contribution in [2.24, 2.45) is 11.8 Å². The number of ether oxygens (including phenoxy) is 2. The molecule has 10 nitrogen and oxygen atoms in total. The molecule has 0 heterocycles. The first-order valence-electron chi connectivity index (χ1n) is 19.3. The van der Waals surface area contributed by atoms with Crippen molar-refractivity contribution < 1.29 is 47.8 Å². The Morgan fingerprint density at radius 1 is 0.788 bits per heavy atom. The monoisotopic (exact) mass is 748 g/mol. The minimum absolute atomic E-state index is 0.0113. The summed E-state index contributed by atoms with van der Waals surface area (Å²) in [5.74, 6) is -1.34. The van der Waals surface area contributed by atoms with E-state index in [2.05, 4.69) is 54.8 Å². The van der Waals surface area contributed by atoms with Gasteiger partial charge in [-0.2, -0.15) is 0 Å². The fraction of sp³-hybridized carbons (Fsp3) is 0.634. The molecular weight excluding hydrogens is 683 g/mol. The summed E-state index contributed by atoms with van der Waals surface area (Å²) < 4.78 is 26.3. The SMILES string of the molecule is CCCCC/C=C\C/C=C\C/C=C\CCCCC(=O)OC[C@H](COP(=O)(O)O)OC(=O)CCC/C=C\C[C@H]1C=CC(=O)[C@@H]1/C=C/[C@@H](O)CCCCC. The second-order valence-electron chi connectivity index (χ2n) is 13.2. The predicted octanol–water partition coefficient (Wildman–Crippen LogP) is 9.13. The molecule has 52 heavy (non-hydrogen) atoms. The van der Waals surface area contributed by atoms with Gasteiger partial charge in [0.1, 0.15) is 6.61 Å². The number of hydrogen-bond acceptors (Lipinski definition) is 8. The van der Waals surface area contributed by atoms with Gasteiger partial charge in [0.05, 0.1) is 12.7 Å². The van der Waals surface area contributed by atoms with E-state index in [9.17, 15) is 24.1 Å².